The third-order valence-electron chi connectivity index (χ3n) is 2.31. The summed E-state index contributed by atoms with van der Waals surface area (Å²) in [5.74, 6) is 0.811. The van der Waals surface area contributed by atoms with Crippen molar-refractivity contribution in [3.63, 3.8) is 0 Å². The molecule has 0 atom stereocenters. The van der Waals surface area contributed by atoms with Crippen molar-refractivity contribution < 1.29 is 4.79 Å². The molecule has 4 heteroatoms. The average Bonchev–Trinajstić information content (AvgIpc) is 2.41. The highest BCUT2D eigenvalue weighted by atomic mass is 32.2. The zero-order valence-corrected chi connectivity index (χ0v) is 10.7. The molecule has 0 bridgehead atoms. The summed E-state index contributed by atoms with van der Waals surface area (Å²) in [5, 5.41) is 2.84. The number of nitrogens with zero attached hydrogens (tertiary/aromatic N) is 1. The van der Waals surface area contributed by atoms with Crippen LogP contribution in [-0.4, -0.2) is 16.6 Å². The first-order valence-electron chi connectivity index (χ1n) is 5.72. The number of benzene rings is 1. The molecule has 1 amide bonds. The number of carbonyl (C=O) groups is 1. The zero-order valence-electron chi connectivity index (χ0n) is 9.87. The Balaban J connectivity index is 1.73. The van der Waals surface area contributed by atoms with Gasteiger partial charge in [0, 0.05) is 35.2 Å². The van der Waals surface area contributed by atoms with Crippen molar-refractivity contribution in [2.24, 2.45) is 0 Å². The standard InChI is InChI=1S/C14H14N2OS/c17-14(16-12-6-9-15-10-7-12)8-11-18-13-4-2-1-3-5-13/h1-7,9-10H,8,11H2,(H,15,16,17). The van der Waals surface area contributed by atoms with Gasteiger partial charge in [0.2, 0.25) is 5.91 Å². The van der Waals surface area contributed by atoms with Crippen LogP contribution in [-0.2, 0) is 4.79 Å². The predicted octanol–water partition coefficient (Wildman–Crippen LogP) is 3.20. The Morgan fingerprint density at radius 1 is 1.11 bits per heavy atom. The van der Waals surface area contributed by atoms with Crippen LogP contribution in [0.25, 0.3) is 0 Å². The summed E-state index contributed by atoms with van der Waals surface area (Å²) in [6.45, 7) is 0. The maximum atomic E-state index is 11.7. The average molecular weight is 258 g/mol. The highest BCUT2D eigenvalue weighted by Gasteiger charge is 2.02. The van der Waals surface area contributed by atoms with Gasteiger partial charge in [-0.15, -0.1) is 11.8 Å². The fourth-order valence-electron chi connectivity index (χ4n) is 1.44. The Bertz CT molecular complexity index is 488. The van der Waals surface area contributed by atoms with E-state index in [-0.39, 0.29) is 5.91 Å². The molecule has 0 aliphatic heterocycles. The van der Waals surface area contributed by atoms with E-state index in [1.54, 1.807) is 36.3 Å². The lowest BCUT2D eigenvalue weighted by Crippen LogP contribution is -2.12. The van der Waals surface area contributed by atoms with Crippen LogP contribution in [0.1, 0.15) is 6.42 Å². The topological polar surface area (TPSA) is 42.0 Å². The fourth-order valence-corrected chi connectivity index (χ4v) is 2.31. The van der Waals surface area contributed by atoms with Gasteiger partial charge in [0.25, 0.3) is 0 Å². The second kappa shape index (κ2) is 6.81. The third-order valence-corrected chi connectivity index (χ3v) is 3.32. The molecule has 0 saturated heterocycles. The second-order valence-corrected chi connectivity index (χ2v) is 4.86. The molecular weight excluding hydrogens is 244 g/mol. The molecule has 0 saturated carbocycles. The Hall–Kier alpha value is -1.81. The fraction of sp³-hybridized carbons (Fsp3) is 0.143. The molecule has 0 unspecified atom stereocenters. The molecule has 0 radical (unpaired) electrons. The number of amides is 1. The van der Waals surface area contributed by atoms with Crippen molar-refractivity contribution in [1.29, 1.82) is 0 Å². The number of hydrogen-bond donors (Lipinski definition) is 1. The first-order chi connectivity index (χ1) is 8.84. The number of aromatic nitrogens is 1. The van der Waals surface area contributed by atoms with Crippen molar-refractivity contribution in [1.82, 2.24) is 4.98 Å². The predicted molar refractivity (Wildman–Crippen MR) is 74.6 cm³/mol. The van der Waals surface area contributed by atoms with Crippen molar-refractivity contribution in [2.45, 2.75) is 11.3 Å². The van der Waals surface area contributed by atoms with Gasteiger partial charge < -0.3 is 5.32 Å². The SMILES string of the molecule is O=C(CCSc1ccccc1)Nc1ccncc1. The minimum atomic E-state index is 0.0321. The molecule has 1 aromatic heterocycles. The molecule has 2 aromatic rings. The van der Waals surface area contributed by atoms with Gasteiger partial charge in [0.05, 0.1) is 0 Å². The third kappa shape index (κ3) is 4.22. The molecule has 0 spiro atoms. The number of thioether (sulfide) groups is 1. The molecule has 1 aromatic carbocycles. The molecule has 1 heterocycles. The Morgan fingerprint density at radius 3 is 2.56 bits per heavy atom. The van der Waals surface area contributed by atoms with Crippen molar-refractivity contribution in [3.05, 3.63) is 54.9 Å². The zero-order chi connectivity index (χ0) is 12.6. The van der Waals surface area contributed by atoms with E-state index < -0.39 is 0 Å². The Morgan fingerprint density at radius 2 is 1.83 bits per heavy atom. The normalized spacial score (nSPS) is 10.0. The lowest BCUT2D eigenvalue weighted by molar-refractivity contribution is -0.115. The van der Waals surface area contributed by atoms with Crippen LogP contribution in [0.15, 0.2) is 59.8 Å². The van der Waals surface area contributed by atoms with Gasteiger partial charge in [0.1, 0.15) is 0 Å². The van der Waals surface area contributed by atoms with E-state index in [0.717, 1.165) is 11.4 Å². The summed E-state index contributed by atoms with van der Waals surface area (Å²) in [6.07, 6.45) is 3.82. The van der Waals surface area contributed by atoms with Gasteiger partial charge in [-0.05, 0) is 24.3 Å². The van der Waals surface area contributed by atoms with Crippen molar-refractivity contribution in [3.8, 4) is 0 Å². The highest BCUT2D eigenvalue weighted by Crippen LogP contribution is 2.17. The number of carbonyl (C=O) groups excluding carboxylic acids is 1. The van der Waals surface area contributed by atoms with E-state index in [1.165, 1.54) is 4.90 Å². The summed E-state index contributed by atoms with van der Waals surface area (Å²) in [5.41, 5.74) is 0.791. The Labute approximate surface area is 111 Å². The van der Waals surface area contributed by atoms with Gasteiger partial charge in [0.15, 0.2) is 0 Å². The number of anilines is 1. The highest BCUT2D eigenvalue weighted by molar-refractivity contribution is 7.99. The smallest absolute Gasteiger partial charge is 0.225 e. The number of rotatable bonds is 5. The summed E-state index contributed by atoms with van der Waals surface area (Å²) >= 11 is 1.69. The van der Waals surface area contributed by atoms with Crippen LogP contribution >= 0.6 is 11.8 Å². The van der Waals surface area contributed by atoms with E-state index in [1.807, 2.05) is 30.3 Å². The summed E-state index contributed by atoms with van der Waals surface area (Å²) < 4.78 is 0. The van der Waals surface area contributed by atoms with Gasteiger partial charge >= 0.3 is 0 Å². The van der Waals surface area contributed by atoms with Crippen molar-refractivity contribution in [2.75, 3.05) is 11.1 Å². The van der Waals surface area contributed by atoms with Gasteiger partial charge in [-0.2, -0.15) is 0 Å². The van der Waals surface area contributed by atoms with Crippen LogP contribution < -0.4 is 5.32 Å². The van der Waals surface area contributed by atoms with Gasteiger partial charge in [-0.1, -0.05) is 18.2 Å². The summed E-state index contributed by atoms with van der Waals surface area (Å²) in [4.78, 5) is 16.7. The minimum absolute atomic E-state index is 0.0321. The van der Waals surface area contributed by atoms with E-state index in [4.69, 9.17) is 0 Å². The lowest BCUT2D eigenvalue weighted by atomic mass is 10.4. The van der Waals surface area contributed by atoms with E-state index in [0.29, 0.717) is 6.42 Å². The molecule has 0 aliphatic carbocycles. The number of hydrogen-bond acceptors (Lipinski definition) is 3. The summed E-state index contributed by atoms with van der Waals surface area (Å²) in [7, 11) is 0. The van der Waals surface area contributed by atoms with Gasteiger partial charge in [-0.3, -0.25) is 9.78 Å². The molecule has 0 aliphatic rings. The molecule has 3 nitrogen and oxygen atoms in total. The number of nitrogens with one attached hydrogen (secondary N) is 1. The van der Waals surface area contributed by atoms with E-state index in [2.05, 4.69) is 10.3 Å². The quantitative estimate of drug-likeness (QED) is 0.837. The van der Waals surface area contributed by atoms with Crippen LogP contribution in [0.4, 0.5) is 5.69 Å². The molecule has 0 fully saturated rings. The molecule has 92 valence electrons. The first-order valence-corrected chi connectivity index (χ1v) is 6.71. The van der Waals surface area contributed by atoms with Crippen LogP contribution in [0.2, 0.25) is 0 Å². The monoisotopic (exact) mass is 258 g/mol. The van der Waals surface area contributed by atoms with Crippen LogP contribution in [0.5, 0.6) is 0 Å². The summed E-state index contributed by atoms with van der Waals surface area (Å²) in [6, 6.07) is 13.6. The largest absolute Gasteiger partial charge is 0.326 e. The van der Waals surface area contributed by atoms with Crippen LogP contribution in [0.3, 0.4) is 0 Å². The van der Waals surface area contributed by atoms with E-state index >= 15 is 0 Å². The molecule has 18 heavy (non-hydrogen) atoms. The maximum Gasteiger partial charge on any atom is 0.225 e. The van der Waals surface area contributed by atoms with Crippen LogP contribution in [0, 0.1) is 0 Å². The lowest BCUT2D eigenvalue weighted by Gasteiger charge is -2.04. The van der Waals surface area contributed by atoms with Gasteiger partial charge in [-0.25, -0.2) is 0 Å². The minimum Gasteiger partial charge on any atom is -0.326 e. The van der Waals surface area contributed by atoms with Crippen molar-refractivity contribution >= 4 is 23.4 Å². The molecule has 1 N–H and O–H groups in total. The second-order valence-electron chi connectivity index (χ2n) is 3.70. The number of pyridine rings is 1. The first kappa shape index (κ1) is 12.6. The molecule has 2 rings (SSSR count). The molecular formula is C14H14N2OS. The Kier molecular flexibility index (Phi) is 4.78. The van der Waals surface area contributed by atoms with E-state index in [9.17, 15) is 4.79 Å². The maximum absolute atomic E-state index is 11.7.